The van der Waals surface area contributed by atoms with Crippen molar-refractivity contribution in [1.82, 2.24) is 19.7 Å². The molecule has 0 saturated heterocycles. The monoisotopic (exact) mass is 295 g/mol. The second kappa shape index (κ2) is 5.05. The zero-order chi connectivity index (χ0) is 12.3. The maximum absolute atomic E-state index is 11.9. The minimum atomic E-state index is -0.416. The van der Waals surface area contributed by atoms with Crippen LogP contribution in [0.5, 0.6) is 0 Å². The molecule has 0 radical (unpaired) electrons. The van der Waals surface area contributed by atoms with E-state index in [1.807, 2.05) is 0 Å². The van der Waals surface area contributed by atoms with E-state index in [0.717, 1.165) is 4.60 Å². The number of hydrogen-bond acceptors (Lipinski definition) is 4. The van der Waals surface area contributed by atoms with E-state index in [-0.39, 0.29) is 5.91 Å². The van der Waals surface area contributed by atoms with Gasteiger partial charge in [0, 0.05) is 0 Å². The maximum atomic E-state index is 11.9. The van der Waals surface area contributed by atoms with Crippen molar-refractivity contribution in [1.29, 1.82) is 0 Å². The van der Waals surface area contributed by atoms with Gasteiger partial charge >= 0.3 is 0 Å². The topological polar surface area (TPSA) is 72.7 Å². The highest BCUT2D eigenvalue weighted by molar-refractivity contribution is 9.10. The highest BCUT2D eigenvalue weighted by Gasteiger charge is 2.15. The number of aromatic nitrogens is 4. The molecule has 88 valence electrons. The molecule has 2 aromatic heterocycles. The van der Waals surface area contributed by atoms with Gasteiger partial charge < -0.3 is 5.32 Å². The van der Waals surface area contributed by atoms with Crippen LogP contribution in [0.2, 0.25) is 0 Å². The molecule has 7 heteroatoms. The molecular formula is C10H10BrN5O. The van der Waals surface area contributed by atoms with Gasteiger partial charge in [0.15, 0.2) is 0 Å². The lowest BCUT2D eigenvalue weighted by Gasteiger charge is -2.11. The average molecular weight is 296 g/mol. The number of carbonyl (C=O) groups excluding carboxylic acids is 1. The van der Waals surface area contributed by atoms with Crippen molar-refractivity contribution in [2.24, 2.45) is 0 Å². The number of amides is 1. The molecule has 0 aliphatic rings. The Morgan fingerprint density at radius 2 is 2.35 bits per heavy atom. The van der Waals surface area contributed by atoms with Gasteiger partial charge in [0.1, 0.15) is 23.3 Å². The third-order valence-corrected chi connectivity index (χ3v) is 2.68. The van der Waals surface area contributed by atoms with E-state index >= 15 is 0 Å². The number of pyridine rings is 1. The van der Waals surface area contributed by atoms with Crippen LogP contribution in [0.1, 0.15) is 13.0 Å². The molecule has 0 saturated carbocycles. The molecule has 0 fully saturated rings. The fourth-order valence-corrected chi connectivity index (χ4v) is 1.47. The van der Waals surface area contributed by atoms with Gasteiger partial charge in [-0.05, 0) is 35.0 Å². The van der Waals surface area contributed by atoms with Crippen LogP contribution in [-0.2, 0) is 4.79 Å². The van der Waals surface area contributed by atoms with Crippen LogP contribution in [0, 0.1) is 0 Å². The van der Waals surface area contributed by atoms with Crippen LogP contribution in [0.25, 0.3) is 0 Å². The second-order valence-electron chi connectivity index (χ2n) is 3.41. The molecule has 0 bridgehead atoms. The summed E-state index contributed by atoms with van der Waals surface area (Å²) in [5, 5.41) is 6.66. The first-order valence-electron chi connectivity index (χ1n) is 4.93. The normalized spacial score (nSPS) is 12.1. The molecule has 1 amide bonds. The minimum absolute atomic E-state index is 0.167. The summed E-state index contributed by atoms with van der Waals surface area (Å²) < 4.78 is 2.21. The largest absolute Gasteiger partial charge is 0.323 e. The van der Waals surface area contributed by atoms with Crippen LogP contribution < -0.4 is 5.32 Å². The molecule has 2 rings (SSSR count). The Kier molecular flexibility index (Phi) is 3.48. The summed E-state index contributed by atoms with van der Waals surface area (Å²) in [6.45, 7) is 1.75. The van der Waals surface area contributed by atoms with Crippen molar-refractivity contribution in [3.63, 3.8) is 0 Å². The lowest BCUT2D eigenvalue weighted by Crippen LogP contribution is -2.24. The van der Waals surface area contributed by atoms with Crippen molar-refractivity contribution in [2.75, 3.05) is 5.32 Å². The van der Waals surface area contributed by atoms with Crippen LogP contribution >= 0.6 is 15.9 Å². The lowest BCUT2D eigenvalue weighted by molar-refractivity contribution is -0.119. The van der Waals surface area contributed by atoms with Gasteiger partial charge in [0.2, 0.25) is 5.91 Å². The van der Waals surface area contributed by atoms with E-state index in [9.17, 15) is 4.79 Å². The summed E-state index contributed by atoms with van der Waals surface area (Å²) in [6.07, 6.45) is 4.48. The average Bonchev–Trinajstić information content (AvgIpc) is 2.84. The number of anilines is 1. The fraction of sp³-hybridized carbons (Fsp3) is 0.200. The Labute approximate surface area is 106 Å². The first-order valence-corrected chi connectivity index (χ1v) is 5.72. The fourth-order valence-electron chi connectivity index (χ4n) is 1.23. The molecule has 1 atom stereocenters. The summed E-state index contributed by atoms with van der Waals surface area (Å²) in [6, 6.07) is 3.11. The van der Waals surface area contributed by atoms with Crippen LogP contribution in [0.3, 0.4) is 0 Å². The standard InChI is InChI=1S/C10H10BrN5O/c1-7(16-6-12-5-14-16)10(17)15-8-2-3-9(11)13-4-8/h2-7H,1H3,(H,15,17). The van der Waals surface area contributed by atoms with Crippen LogP contribution in [0.15, 0.2) is 35.6 Å². The first kappa shape index (κ1) is 11.7. The summed E-state index contributed by atoms with van der Waals surface area (Å²) in [5.41, 5.74) is 0.644. The van der Waals surface area contributed by atoms with E-state index in [4.69, 9.17) is 0 Å². The third-order valence-electron chi connectivity index (χ3n) is 2.21. The molecule has 17 heavy (non-hydrogen) atoms. The predicted molar refractivity (Wildman–Crippen MR) is 65.3 cm³/mol. The molecule has 0 spiro atoms. The summed E-state index contributed by atoms with van der Waals surface area (Å²) in [4.78, 5) is 19.7. The molecule has 6 nitrogen and oxygen atoms in total. The molecule has 0 aromatic carbocycles. The van der Waals surface area contributed by atoms with Gasteiger partial charge in [-0.25, -0.2) is 14.6 Å². The van der Waals surface area contributed by atoms with Crippen LogP contribution in [-0.4, -0.2) is 25.7 Å². The van der Waals surface area contributed by atoms with Crippen molar-refractivity contribution >= 4 is 27.5 Å². The maximum Gasteiger partial charge on any atom is 0.249 e. The van der Waals surface area contributed by atoms with Gasteiger partial charge in [0.25, 0.3) is 0 Å². The molecule has 2 aromatic rings. The molecule has 2 heterocycles. The Morgan fingerprint density at radius 1 is 1.53 bits per heavy atom. The summed E-state index contributed by atoms with van der Waals surface area (Å²) in [5.74, 6) is -0.167. The Balaban J connectivity index is 2.04. The van der Waals surface area contributed by atoms with E-state index in [0.29, 0.717) is 5.69 Å². The Morgan fingerprint density at radius 3 is 2.94 bits per heavy atom. The number of hydrogen-bond donors (Lipinski definition) is 1. The third kappa shape index (κ3) is 2.88. The molecular weight excluding hydrogens is 286 g/mol. The van der Waals surface area contributed by atoms with Gasteiger partial charge in [-0.3, -0.25) is 4.79 Å². The molecule has 1 N–H and O–H groups in total. The van der Waals surface area contributed by atoms with Crippen molar-refractivity contribution in [2.45, 2.75) is 13.0 Å². The Hall–Kier alpha value is -1.76. The number of nitrogens with zero attached hydrogens (tertiary/aromatic N) is 4. The van der Waals surface area contributed by atoms with Crippen molar-refractivity contribution < 1.29 is 4.79 Å². The van der Waals surface area contributed by atoms with Gasteiger partial charge in [0.05, 0.1) is 11.9 Å². The summed E-state index contributed by atoms with van der Waals surface area (Å²) >= 11 is 3.23. The van der Waals surface area contributed by atoms with Gasteiger partial charge in [-0.2, -0.15) is 5.10 Å². The first-order chi connectivity index (χ1) is 8.16. The predicted octanol–water partition coefficient (Wildman–Crippen LogP) is 1.64. The minimum Gasteiger partial charge on any atom is -0.323 e. The smallest absolute Gasteiger partial charge is 0.249 e. The zero-order valence-electron chi connectivity index (χ0n) is 9.04. The number of halogens is 1. The quantitative estimate of drug-likeness (QED) is 0.874. The van der Waals surface area contributed by atoms with Crippen molar-refractivity contribution in [3.05, 3.63) is 35.6 Å². The molecule has 1 unspecified atom stereocenters. The molecule has 0 aliphatic carbocycles. The Bertz CT molecular complexity index is 496. The summed E-state index contributed by atoms with van der Waals surface area (Å²) in [7, 11) is 0. The number of nitrogens with one attached hydrogen (secondary N) is 1. The highest BCUT2D eigenvalue weighted by atomic mass is 79.9. The van der Waals surface area contributed by atoms with Crippen molar-refractivity contribution in [3.8, 4) is 0 Å². The molecule has 0 aliphatic heterocycles. The number of rotatable bonds is 3. The zero-order valence-corrected chi connectivity index (χ0v) is 10.6. The second-order valence-corrected chi connectivity index (χ2v) is 4.22. The van der Waals surface area contributed by atoms with E-state index < -0.39 is 6.04 Å². The number of carbonyl (C=O) groups is 1. The SMILES string of the molecule is CC(C(=O)Nc1ccc(Br)nc1)n1cncn1. The van der Waals surface area contributed by atoms with Gasteiger partial charge in [-0.1, -0.05) is 0 Å². The van der Waals surface area contributed by atoms with E-state index in [2.05, 4.69) is 36.3 Å². The van der Waals surface area contributed by atoms with Crippen LogP contribution in [0.4, 0.5) is 5.69 Å². The van der Waals surface area contributed by atoms with E-state index in [1.54, 1.807) is 25.3 Å². The lowest BCUT2D eigenvalue weighted by atomic mass is 10.3. The highest BCUT2D eigenvalue weighted by Crippen LogP contribution is 2.12. The van der Waals surface area contributed by atoms with E-state index in [1.165, 1.54) is 17.3 Å². The van der Waals surface area contributed by atoms with Gasteiger partial charge in [-0.15, -0.1) is 0 Å².